The van der Waals surface area contributed by atoms with Crippen molar-refractivity contribution in [1.29, 1.82) is 0 Å². The Hall–Kier alpha value is -0.440. The molecule has 2 saturated heterocycles. The van der Waals surface area contributed by atoms with Crippen LogP contribution in [0.1, 0.15) is 0 Å². The van der Waals surface area contributed by atoms with Crippen LogP contribution in [0.2, 0.25) is 0 Å². The SMILES string of the molecule is COC1[C@@H](OC)OC(CO[C@H]2OC(CO)[C@@H](O)[C@H](O)C2OC)[C@@H](O)[C@@H]1O. The topological polar surface area (TPSA) is 157 Å². The summed E-state index contributed by atoms with van der Waals surface area (Å²) in [7, 11) is 4.03. The molecule has 0 aromatic carbocycles. The molecule has 0 aliphatic carbocycles. The molecule has 0 radical (unpaired) electrons. The van der Waals surface area contributed by atoms with Gasteiger partial charge in [0.15, 0.2) is 12.6 Å². The molecule has 0 spiro atoms. The Morgan fingerprint density at radius 2 is 1.19 bits per heavy atom. The van der Waals surface area contributed by atoms with Crippen LogP contribution in [0.3, 0.4) is 0 Å². The lowest BCUT2D eigenvalue weighted by Crippen LogP contribution is -2.62. The Bertz CT molecular complexity index is 422. The van der Waals surface area contributed by atoms with Crippen LogP contribution < -0.4 is 0 Å². The maximum atomic E-state index is 10.2. The van der Waals surface area contributed by atoms with Crippen LogP contribution in [0.5, 0.6) is 0 Å². The largest absolute Gasteiger partial charge is 0.394 e. The molecule has 11 heteroatoms. The van der Waals surface area contributed by atoms with Crippen molar-refractivity contribution in [1.82, 2.24) is 0 Å². The molecule has 154 valence electrons. The summed E-state index contributed by atoms with van der Waals surface area (Å²) in [6, 6.07) is 0. The number of aliphatic hydroxyl groups is 5. The van der Waals surface area contributed by atoms with Gasteiger partial charge in [0.1, 0.15) is 48.8 Å². The molecule has 0 bridgehead atoms. The van der Waals surface area contributed by atoms with E-state index >= 15 is 0 Å². The van der Waals surface area contributed by atoms with E-state index in [1.807, 2.05) is 0 Å². The number of hydrogen-bond acceptors (Lipinski definition) is 11. The van der Waals surface area contributed by atoms with Gasteiger partial charge in [-0.05, 0) is 0 Å². The first-order chi connectivity index (χ1) is 12.4. The third-order valence-electron chi connectivity index (χ3n) is 4.67. The molecule has 2 aliphatic heterocycles. The van der Waals surface area contributed by atoms with E-state index in [0.717, 1.165) is 0 Å². The van der Waals surface area contributed by atoms with Crippen LogP contribution in [0.4, 0.5) is 0 Å². The standard InChI is InChI=1S/C15H28O11/c1-21-12-11(20)9(18)7(26-14(12)23-3)5-24-15-13(22-2)10(19)8(17)6(4-16)25-15/h6-20H,4-5H2,1-3H3/t6?,7?,8-,9-,10+,11+,12?,13?,14+,15+/m1/s1. The lowest BCUT2D eigenvalue weighted by atomic mass is 9.98. The second kappa shape index (κ2) is 9.66. The van der Waals surface area contributed by atoms with Crippen LogP contribution in [0.25, 0.3) is 0 Å². The van der Waals surface area contributed by atoms with Crippen molar-refractivity contribution >= 4 is 0 Å². The summed E-state index contributed by atoms with van der Waals surface area (Å²) in [5, 5.41) is 49.6. The first-order valence-corrected chi connectivity index (χ1v) is 8.23. The van der Waals surface area contributed by atoms with E-state index in [0.29, 0.717) is 0 Å². The highest BCUT2D eigenvalue weighted by Crippen LogP contribution is 2.27. The minimum absolute atomic E-state index is 0.236. The minimum atomic E-state index is -1.34. The van der Waals surface area contributed by atoms with E-state index in [4.69, 9.17) is 28.4 Å². The highest BCUT2D eigenvalue weighted by atomic mass is 16.7. The molecule has 4 unspecified atom stereocenters. The van der Waals surface area contributed by atoms with E-state index in [9.17, 15) is 25.5 Å². The molecule has 5 N–H and O–H groups in total. The van der Waals surface area contributed by atoms with Crippen LogP contribution in [0, 0.1) is 0 Å². The van der Waals surface area contributed by atoms with Gasteiger partial charge < -0.3 is 54.0 Å². The van der Waals surface area contributed by atoms with Crippen molar-refractivity contribution < 1.29 is 54.0 Å². The maximum absolute atomic E-state index is 10.2. The zero-order chi connectivity index (χ0) is 19.4. The van der Waals surface area contributed by atoms with E-state index in [-0.39, 0.29) is 6.61 Å². The van der Waals surface area contributed by atoms with Gasteiger partial charge in [0.2, 0.25) is 0 Å². The van der Waals surface area contributed by atoms with Gasteiger partial charge in [-0.2, -0.15) is 0 Å². The van der Waals surface area contributed by atoms with Gasteiger partial charge in [-0.1, -0.05) is 0 Å². The van der Waals surface area contributed by atoms with E-state index in [1.54, 1.807) is 0 Å². The maximum Gasteiger partial charge on any atom is 0.187 e. The number of methoxy groups -OCH3 is 3. The summed E-state index contributed by atoms with van der Waals surface area (Å²) >= 11 is 0. The van der Waals surface area contributed by atoms with Gasteiger partial charge in [0.05, 0.1) is 13.2 Å². The predicted octanol–water partition coefficient (Wildman–Crippen LogP) is -3.43. The summed E-state index contributed by atoms with van der Waals surface area (Å²) < 4.78 is 31.8. The number of rotatable bonds is 7. The van der Waals surface area contributed by atoms with Crippen LogP contribution in [-0.2, 0) is 28.4 Å². The molecule has 2 heterocycles. The molecule has 0 amide bonds. The smallest absolute Gasteiger partial charge is 0.187 e. The summed E-state index contributed by atoms with van der Waals surface area (Å²) in [4.78, 5) is 0. The fourth-order valence-corrected chi connectivity index (χ4v) is 3.11. The van der Waals surface area contributed by atoms with E-state index < -0.39 is 68.0 Å². The molecule has 2 rings (SSSR count). The molecule has 0 aromatic heterocycles. The number of ether oxygens (including phenoxy) is 6. The highest BCUT2D eigenvalue weighted by molar-refractivity contribution is 4.92. The third kappa shape index (κ3) is 4.34. The van der Waals surface area contributed by atoms with Crippen LogP contribution >= 0.6 is 0 Å². The number of aliphatic hydroxyl groups excluding tert-OH is 5. The molecular formula is C15H28O11. The highest BCUT2D eigenvalue weighted by Gasteiger charge is 2.48. The second-order valence-corrected chi connectivity index (χ2v) is 6.20. The average Bonchev–Trinajstić information content (AvgIpc) is 2.65. The van der Waals surface area contributed by atoms with Gasteiger partial charge in [-0.25, -0.2) is 0 Å². The molecule has 0 aromatic rings. The molecule has 2 aliphatic rings. The fourth-order valence-electron chi connectivity index (χ4n) is 3.11. The minimum Gasteiger partial charge on any atom is -0.394 e. The molecule has 26 heavy (non-hydrogen) atoms. The second-order valence-electron chi connectivity index (χ2n) is 6.20. The Morgan fingerprint density at radius 1 is 0.692 bits per heavy atom. The molecule has 2 fully saturated rings. The van der Waals surface area contributed by atoms with Crippen molar-refractivity contribution in [2.45, 2.75) is 61.4 Å². The average molecular weight is 384 g/mol. The first kappa shape index (κ1) is 21.9. The zero-order valence-corrected chi connectivity index (χ0v) is 14.9. The van der Waals surface area contributed by atoms with Gasteiger partial charge in [0, 0.05) is 21.3 Å². The predicted molar refractivity (Wildman–Crippen MR) is 83.0 cm³/mol. The molecular weight excluding hydrogens is 356 g/mol. The van der Waals surface area contributed by atoms with E-state index in [2.05, 4.69) is 0 Å². The normalized spacial score (nSPS) is 47.1. The van der Waals surface area contributed by atoms with Gasteiger partial charge in [0.25, 0.3) is 0 Å². The monoisotopic (exact) mass is 384 g/mol. The lowest BCUT2D eigenvalue weighted by molar-refractivity contribution is -0.332. The third-order valence-corrected chi connectivity index (χ3v) is 4.67. The lowest BCUT2D eigenvalue weighted by Gasteiger charge is -2.43. The fraction of sp³-hybridized carbons (Fsp3) is 1.00. The van der Waals surface area contributed by atoms with Gasteiger partial charge in [-0.3, -0.25) is 0 Å². The summed E-state index contributed by atoms with van der Waals surface area (Å²) in [6.45, 7) is -0.767. The van der Waals surface area contributed by atoms with Gasteiger partial charge >= 0.3 is 0 Å². The molecule has 11 nitrogen and oxygen atoms in total. The summed E-state index contributed by atoms with van der Waals surface area (Å²) in [5.74, 6) is 0. The van der Waals surface area contributed by atoms with Crippen molar-refractivity contribution in [3.8, 4) is 0 Å². The van der Waals surface area contributed by atoms with E-state index in [1.165, 1.54) is 21.3 Å². The Balaban J connectivity index is 2.01. The Labute approximate surface area is 150 Å². The van der Waals surface area contributed by atoms with Gasteiger partial charge in [-0.15, -0.1) is 0 Å². The summed E-state index contributed by atoms with van der Waals surface area (Å²) in [6.07, 6.45) is -11.3. The Kier molecular flexibility index (Phi) is 8.12. The summed E-state index contributed by atoms with van der Waals surface area (Å²) in [5.41, 5.74) is 0. The molecule has 0 saturated carbocycles. The number of hydrogen-bond donors (Lipinski definition) is 5. The van der Waals surface area contributed by atoms with Crippen LogP contribution in [0.15, 0.2) is 0 Å². The van der Waals surface area contributed by atoms with Crippen molar-refractivity contribution in [2.75, 3.05) is 34.5 Å². The van der Waals surface area contributed by atoms with Crippen molar-refractivity contribution in [2.24, 2.45) is 0 Å². The quantitative estimate of drug-likeness (QED) is 0.298. The first-order valence-electron chi connectivity index (χ1n) is 8.23. The van der Waals surface area contributed by atoms with Crippen LogP contribution in [-0.4, -0.2) is 121 Å². The van der Waals surface area contributed by atoms with Crippen molar-refractivity contribution in [3.05, 3.63) is 0 Å². The zero-order valence-electron chi connectivity index (χ0n) is 14.9. The molecule has 10 atom stereocenters. The Morgan fingerprint density at radius 3 is 1.69 bits per heavy atom. The van der Waals surface area contributed by atoms with Crippen molar-refractivity contribution in [3.63, 3.8) is 0 Å².